The third-order valence-corrected chi connectivity index (χ3v) is 3.81. The zero-order valence-corrected chi connectivity index (χ0v) is 14.9. The molecule has 0 saturated carbocycles. The van der Waals surface area contributed by atoms with Gasteiger partial charge in [-0.25, -0.2) is 0 Å². The van der Waals surface area contributed by atoms with Crippen LogP contribution in [0.25, 0.3) is 6.08 Å². The van der Waals surface area contributed by atoms with Gasteiger partial charge in [0, 0.05) is 11.8 Å². The second-order valence-corrected chi connectivity index (χ2v) is 5.79. The van der Waals surface area contributed by atoms with E-state index in [1.54, 1.807) is 18.2 Å². The van der Waals surface area contributed by atoms with Crippen molar-refractivity contribution < 1.29 is 14.3 Å². The number of carbonyl (C=O) groups is 1. The van der Waals surface area contributed by atoms with Crippen LogP contribution in [0.1, 0.15) is 16.7 Å². The first-order valence-electron chi connectivity index (χ1n) is 7.42. The van der Waals surface area contributed by atoms with E-state index in [9.17, 15) is 4.79 Å². The number of hydrogen-bond acceptors (Lipinski definition) is 3. The number of benzene rings is 2. The Balaban J connectivity index is 2.17. The van der Waals surface area contributed by atoms with Crippen LogP contribution in [0.5, 0.6) is 11.5 Å². The molecule has 2 aromatic carbocycles. The number of ether oxygens (including phenoxy) is 2. The van der Waals surface area contributed by atoms with Gasteiger partial charge in [0.05, 0.1) is 19.2 Å². The minimum atomic E-state index is -0.213. The standard InChI is InChI=1S/C19H20ClNO3/c1-12-5-6-13(2)16(9-12)21-18(22)8-7-14-10-15(20)19(24-4)17(11-14)23-3/h5-11H,1-4H3,(H,21,22)/b8-7+. The van der Waals surface area contributed by atoms with Gasteiger partial charge in [0.15, 0.2) is 11.5 Å². The van der Waals surface area contributed by atoms with E-state index >= 15 is 0 Å². The molecule has 1 amide bonds. The Morgan fingerprint density at radius 3 is 2.54 bits per heavy atom. The van der Waals surface area contributed by atoms with Crippen molar-refractivity contribution in [3.05, 3.63) is 58.1 Å². The van der Waals surface area contributed by atoms with Crippen LogP contribution in [0, 0.1) is 13.8 Å². The summed E-state index contributed by atoms with van der Waals surface area (Å²) in [5.41, 5.74) is 3.65. The van der Waals surface area contributed by atoms with E-state index in [-0.39, 0.29) is 5.91 Å². The molecule has 0 radical (unpaired) electrons. The first-order chi connectivity index (χ1) is 11.4. The van der Waals surface area contributed by atoms with Crippen molar-refractivity contribution in [2.45, 2.75) is 13.8 Å². The summed E-state index contributed by atoms with van der Waals surface area (Å²) in [6, 6.07) is 9.39. The molecule has 0 unspecified atom stereocenters. The third-order valence-electron chi connectivity index (χ3n) is 3.53. The van der Waals surface area contributed by atoms with Crippen LogP contribution in [0.15, 0.2) is 36.4 Å². The van der Waals surface area contributed by atoms with Crippen molar-refractivity contribution in [1.82, 2.24) is 0 Å². The highest BCUT2D eigenvalue weighted by molar-refractivity contribution is 6.32. The van der Waals surface area contributed by atoms with Gasteiger partial charge in [-0.2, -0.15) is 0 Å². The predicted molar refractivity (Wildman–Crippen MR) is 98.1 cm³/mol. The summed E-state index contributed by atoms with van der Waals surface area (Å²) >= 11 is 6.16. The van der Waals surface area contributed by atoms with Gasteiger partial charge in [-0.1, -0.05) is 23.7 Å². The largest absolute Gasteiger partial charge is 0.493 e. The third kappa shape index (κ3) is 4.30. The van der Waals surface area contributed by atoms with Gasteiger partial charge >= 0.3 is 0 Å². The van der Waals surface area contributed by atoms with Crippen LogP contribution >= 0.6 is 11.6 Å². The lowest BCUT2D eigenvalue weighted by molar-refractivity contribution is -0.111. The fourth-order valence-electron chi connectivity index (χ4n) is 2.25. The lowest BCUT2D eigenvalue weighted by atomic mass is 10.1. The second-order valence-electron chi connectivity index (χ2n) is 5.38. The van der Waals surface area contributed by atoms with Gasteiger partial charge in [0.1, 0.15) is 0 Å². The molecule has 0 fully saturated rings. The number of nitrogens with one attached hydrogen (secondary N) is 1. The molecule has 5 heteroatoms. The van der Waals surface area contributed by atoms with Crippen LogP contribution in [0.2, 0.25) is 5.02 Å². The summed E-state index contributed by atoms with van der Waals surface area (Å²) < 4.78 is 10.4. The smallest absolute Gasteiger partial charge is 0.248 e. The maximum Gasteiger partial charge on any atom is 0.248 e. The molecule has 0 saturated heterocycles. The van der Waals surface area contributed by atoms with Crippen molar-refractivity contribution >= 4 is 29.3 Å². The first kappa shape index (κ1) is 17.9. The van der Waals surface area contributed by atoms with Gasteiger partial charge in [0.2, 0.25) is 5.91 Å². The Morgan fingerprint density at radius 1 is 1.12 bits per heavy atom. The quantitative estimate of drug-likeness (QED) is 0.804. The Hall–Kier alpha value is -2.46. The fraction of sp³-hybridized carbons (Fsp3) is 0.211. The molecular formula is C19H20ClNO3. The van der Waals surface area contributed by atoms with Crippen LogP contribution < -0.4 is 14.8 Å². The highest BCUT2D eigenvalue weighted by atomic mass is 35.5. The van der Waals surface area contributed by atoms with Crippen LogP contribution in [0.3, 0.4) is 0 Å². The minimum Gasteiger partial charge on any atom is -0.493 e. The SMILES string of the molecule is COc1cc(/C=C/C(=O)Nc2cc(C)ccc2C)cc(Cl)c1OC. The highest BCUT2D eigenvalue weighted by Crippen LogP contribution is 2.36. The molecule has 1 N–H and O–H groups in total. The van der Waals surface area contributed by atoms with Crippen LogP contribution in [-0.4, -0.2) is 20.1 Å². The summed E-state index contributed by atoms with van der Waals surface area (Å²) in [7, 11) is 3.06. The van der Waals surface area contributed by atoms with E-state index in [1.807, 2.05) is 32.0 Å². The Kier molecular flexibility index (Phi) is 5.88. The van der Waals surface area contributed by atoms with E-state index in [4.69, 9.17) is 21.1 Å². The summed E-state index contributed by atoms with van der Waals surface area (Å²) in [6.07, 6.45) is 3.13. The number of aryl methyl sites for hydroxylation is 2. The van der Waals surface area contributed by atoms with E-state index in [2.05, 4.69) is 5.32 Å². The Morgan fingerprint density at radius 2 is 1.88 bits per heavy atom. The molecule has 24 heavy (non-hydrogen) atoms. The Labute approximate surface area is 147 Å². The fourth-order valence-corrected chi connectivity index (χ4v) is 2.55. The normalized spacial score (nSPS) is 10.7. The molecule has 0 spiro atoms. The zero-order valence-electron chi connectivity index (χ0n) is 14.1. The van der Waals surface area contributed by atoms with Crippen LogP contribution in [-0.2, 0) is 4.79 Å². The van der Waals surface area contributed by atoms with Gasteiger partial charge in [-0.3, -0.25) is 4.79 Å². The van der Waals surface area contributed by atoms with Crippen molar-refractivity contribution in [2.24, 2.45) is 0 Å². The predicted octanol–water partition coefficient (Wildman–Crippen LogP) is 4.63. The topological polar surface area (TPSA) is 47.6 Å². The molecule has 0 atom stereocenters. The van der Waals surface area contributed by atoms with E-state index < -0.39 is 0 Å². The maximum absolute atomic E-state index is 12.1. The number of halogens is 1. The second kappa shape index (κ2) is 7.88. The van der Waals surface area contributed by atoms with Crippen molar-refractivity contribution in [1.29, 1.82) is 0 Å². The Bertz CT molecular complexity index is 784. The molecule has 0 aromatic heterocycles. The summed E-state index contributed by atoms with van der Waals surface area (Å²) in [5, 5.41) is 3.30. The molecule has 0 bridgehead atoms. The molecule has 0 aliphatic heterocycles. The van der Waals surface area contributed by atoms with Gasteiger partial charge in [-0.05, 0) is 54.8 Å². The molecule has 126 valence electrons. The summed E-state index contributed by atoms with van der Waals surface area (Å²) in [4.78, 5) is 12.1. The summed E-state index contributed by atoms with van der Waals surface area (Å²) in [6.45, 7) is 3.93. The maximum atomic E-state index is 12.1. The lowest BCUT2D eigenvalue weighted by Crippen LogP contribution is -2.09. The number of anilines is 1. The molecule has 2 aromatic rings. The molecular weight excluding hydrogens is 326 g/mol. The highest BCUT2D eigenvalue weighted by Gasteiger charge is 2.10. The lowest BCUT2D eigenvalue weighted by Gasteiger charge is -2.10. The molecule has 4 nitrogen and oxygen atoms in total. The average molecular weight is 346 g/mol. The number of methoxy groups -OCH3 is 2. The van der Waals surface area contributed by atoms with Crippen molar-refractivity contribution in [3.8, 4) is 11.5 Å². The van der Waals surface area contributed by atoms with E-state index in [0.29, 0.717) is 16.5 Å². The minimum absolute atomic E-state index is 0.213. The molecule has 0 heterocycles. The first-order valence-corrected chi connectivity index (χ1v) is 7.80. The number of carbonyl (C=O) groups excluding carboxylic acids is 1. The van der Waals surface area contributed by atoms with Crippen LogP contribution in [0.4, 0.5) is 5.69 Å². The van der Waals surface area contributed by atoms with Crippen molar-refractivity contribution in [2.75, 3.05) is 19.5 Å². The van der Waals surface area contributed by atoms with Crippen molar-refractivity contribution in [3.63, 3.8) is 0 Å². The van der Waals surface area contributed by atoms with Gasteiger partial charge in [0.25, 0.3) is 0 Å². The number of rotatable bonds is 5. The number of hydrogen-bond donors (Lipinski definition) is 1. The zero-order chi connectivity index (χ0) is 17.7. The van der Waals surface area contributed by atoms with Gasteiger partial charge in [-0.15, -0.1) is 0 Å². The monoisotopic (exact) mass is 345 g/mol. The molecule has 0 aliphatic carbocycles. The summed E-state index contributed by atoms with van der Waals surface area (Å²) in [5.74, 6) is 0.769. The number of amides is 1. The average Bonchev–Trinajstić information content (AvgIpc) is 2.55. The molecule has 2 rings (SSSR count). The van der Waals surface area contributed by atoms with Gasteiger partial charge < -0.3 is 14.8 Å². The molecule has 0 aliphatic rings. The van der Waals surface area contributed by atoms with E-state index in [0.717, 1.165) is 22.4 Å². The van der Waals surface area contributed by atoms with E-state index in [1.165, 1.54) is 20.3 Å².